The van der Waals surface area contributed by atoms with E-state index in [1.54, 1.807) is 31.2 Å². The second-order valence-corrected chi connectivity index (χ2v) is 7.51. The quantitative estimate of drug-likeness (QED) is 0.361. The molecule has 1 aromatic heterocycles. The summed E-state index contributed by atoms with van der Waals surface area (Å²) >= 11 is 0. The van der Waals surface area contributed by atoms with Crippen LogP contribution in [0.4, 0.5) is 0 Å². The Balaban J connectivity index is 1.67. The van der Waals surface area contributed by atoms with E-state index in [1.807, 2.05) is 59.2 Å². The lowest BCUT2D eigenvalue weighted by molar-refractivity contribution is -0.147. The van der Waals surface area contributed by atoms with Crippen LogP contribution >= 0.6 is 0 Å². The van der Waals surface area contributed by atoms with E-state index < -0.39 is 12.0 Å². The number of para-hydroxylation sites is 2. The minimum Gasteiger partial charge on any atom is -0.464 e. The van der Waals surface area contributed by atoms with Gasteiger partial charge < -0.3 is 14.6 Å². The highest BCUT2D eigenvalue weighted by molar-refractivity contribution is 5.95. The molecule has 0 fully saturated rings. The third kappa shape index (κ3) is 4.39. The summed E-state index contributed by atoms with van der Waals surface area (Å²) in [6, 6.07) is 23.1. The largest absolute Gasteiger partial charge is 0.464 e. The molecule has 0 spiro atoms. The second-order valence-electron chi connectivity index (χ2n) is 7.51. The van der Waals surface area contributed by atoms with E-state index >= 15 is 0 Å². The summed E-state index contributed by atoms with van der Waals surface area (Å²) < 4.78 is 6.99. The van der Waals surface area contributed by atoms with Crippen LogP contribution in [-0.2, 0) is 27.3 Å². The van der Waals surface area contributed by atoms with Gasteiger partial charge in [-0.25, -0.2) is 4.79 Å². The summed E-state index contributed by atoms with van der Waals surface area (Å²) in [5, 5.41) is 3.92. The lowest BCUT2D eigenvalue weighted by Gasteiger charge is -2.19. The van der Waals surface area contributed by atoms with E-state index in [0.29, 0.717) is 28.2 Å². The Labute approximate surface area is 185 Å². The van der Waals surface area contributed by atoms with Crippen LogP contribution in [-0.4, -0.2) is 29.1 Å². The molecule has 0 saturated carbocycles. The average molecular weight is 428 g/mol. The summed E-state index contributed by atoms with van der Waals surface area (Å²) in [4.78, 5) is 38.5. The summed E-state index contributed by atoms with van der Waals surface area (Å²) in [5.41, 5.74) is 2.19. The molecule has 0 aliphatic carbocycles. The zero-order valence-corrected chi connectivity index (χ0v) is 17.8. The van der Waals surface area contributed by atoms with E-state index in [1.165, 1.54) is 0 Å². The fourth-order valence-corrected chi connectivity index (χ4v) is 3.92. The number of hydrogen-bond acceptors (Lipinski definition) is 4. The molecule has 0 aliphatic heterocycles. The molecule has 3 aromatic carbocycles. The van der Waals surface area contributed by atoms with Crippen molar-refractivity contribution in [1.82, 2.24) is 9.88 Å². The third-order valence-corrected chi connectivity index (χ3v) is 5.37. The number of ether oxygens (including phenoxy) is 1. The van der Waals surface area contributed by atoms with Gasteiger partial charge in [0.2, 0.25) is 5.91 Å². The summed E-state index contributed by atoms with van der Waals surface area (Å²) in [6.45, 7) is 1.93. The first kappa shape index (κ1) is 21.3. The van der Waals surface area contributed by atoms with Gasteiger partial charge >= 0.3 is 5.97 Å². The van der Waals surface area contributed by atoms with Crippen LogP contribution in [0.2, 0.25) is 0 Å². The maximum absolute atomic E-state index is 13.1. The van der Waals surface area contributed by atoms with Crippen LogP contribution in [0.5, 0.6) is 0 Å². The van der Waals surface area contributed by atoms with Gasteiger partial charge in [0.1, 0.15) is 12.6 Å². The van der Waals surface area contributed by atoms with Gasteiger partial charge in [-0.05, 0) is 36.8 Å². The second kappa shape index (κ2) is 9.47. The first-order valence-corrected chi connectivity index (χ1v) is 10.6. The van der Waals surface area contributed by atoms with Gasteiger partial charge in [0.15, 0.2) is 5.43 Å². The highest BCUT2D eigenvalue weighted by atomic mass is 16.5. The zero-order chi connectivity index (χ0) is 22.5. The molecule has 0 aliphatic rings. The predicted molar refractivity (Wildman–Crippen MR) is 124 cm³/mol. The minimum atomic E-state index is -0.804. The van der Waals surface area contributed by atoms with Gasteiger partial charge in [0, 0.05) is 17.2 Å². The number of fused-ring (bicyclic) bond motifs is 2. The van der Waals surface area contributed by atoms with Crippen LogP contribution in [0.25, 0.3) is 21.8 Å². The van der Waals surface area contributed by atoms with Gasteiger partial charge in [-0.15, -0.1) is 0 Å². The number of rotatable bonds is 7. The zero-order valence-electron chi connectivity index (χ0n) is 17.8. The lowest BCUT2D eigenvalue weighted by Crippen LogP contribution is -2.44. The van der Waals surface area contributed by atoms with Gasteiger partial charge in [0.25, 0.3) is 0 Å². The van der Waals surface area contributed by atoms with Crippen molar-refractivity contribution >= 4 is 33.7 Å². The van der Waals surface area contributed by atoms with Crippen molar-refractivity contribution in [2.75, 3.05) is 6.61 Å². The van der Waals surface area contributed by atoms with Gasteiger partial charge in [-0.2, -0.15) is 0 Å². The Morgan fingerprint density at radius 3 is 2.03 bits per heavy atom. The fraction of sp³-hybridized carbons (Fsp3) is 0.192. The Morgan fingerprint density at radius 2 is 1.44 bits per heavy atom. The molecule has 4 rings (SSSR count). The molecular weight excluding hydrogens is 404 g/mol. The fourth-order valence-electron chi connectivity index (χ4n) is 3.92. The first-order valence-electron chi connectivity index (χ1n) is 10.6. The highest BCUT2D eigenvalue weighted by Crippen LogP contribution is 2.19. The number of carbonyl (C=O) groups is 2. The molecular formula is C26H24N2O4. The maximum Gasteiger partial charge on any atom is 0.328 e. The topological polar surface area (TPSA) is 77.4 Å². The van der Waals surface area contributed by atoms with Crippen LogP contribution in [0.3, 0.4) is 0 Å². The number of nitrogens with one attached hydrogen (secondary N) is 1. The number of hydrogen-bond donors (Lipinski definition) is 1. The Bertz CT molecular complexity index is 1270. The number of nitrogens with zero attached hydrogens (tertiary/aromatic N) is 1. The van der Waals surface area contributed by atoms with Crippen molar-refractivity contribution in [3.05, 3.63) is 94.6 Å². The van der Waals surface area contributed by atoms with Gasteiger partial charge in [0.05, 0.1) is 17.6 Å². The molecule has 1 atom stereocenters. The van der Waals surface area contributed by atoms with Crippen LogP contribution in [0, 0.1) is 0 Å². The highest BCUT2D eigenvalue weighted by Gasteiger charge is 2.23. The summed E-state index contributed by atoms with van der Waals surface area (Å²) in [5.74, 6) is -0.808. The molecule has 6 nitrogen and oxygen atoms in total. The smallest absolute Gasteiger partial charge is 0.328 e. The van der Waals surface area contributed by atoms with E-state index in [4.69, 9.17) is 4.74 Å². The number of pyridine rings is 1. The lowest BCUT2D eigenvalue weighted by atomic mass is 10.1. The minimum absolute atomic E-state index is 0.0357. The molecule has 162 valence electrons. The standard InChI is InChI=1S/C26H24N2O4/c1-2-32-26(31)21(16-18-10-4-3-5-11-18)27-24(29)17-28-22-14-8-6-12-19(22)25(30)20-13-7-9-15-23(20)28/h3-15,21H,2,16-17H2,1H3,(H,27,29). The van der Waals surface area contributed by atoms with Crippen molar-refractivity contribution in [2.45, 2.75) is 25.9 Å². The molecule has 1 N–H and O–H groups in total. The van der Waals surface area contributed by atoms with Crippen molar-refractivity contribution in [3.63, 3.8) is 0 Å². The van der Waals surface area contributed by atoms with Crippen molar-refractivity contribution < 1.29 is 14.3 Å². The SMILES string of the molecule is CCOC(=O)C(Cc1ccccc1)NC(=O)Cn1c2ccccc2c(=O)c2ccccc21. The van der Waals surface area contributed by atoms with Crippen molar-refractivity contribution in [1.29, 1.82) is 0 Å². The number of carbonyl (C=O) groups excluding carboxylic acids is 2. The molecule has 32 heavy (non-hydrogen) atoms. The van der Waals surface area contributed by atoms with Gasteiger partial charge in [-0.3, -0.25) is 9.59 Å². The van der Waals surface area contributed by atoms with Crippen molar-refractivity contribution in [2.24, 2.45) is 0 Å². The van der Waals surface area contributed by atoms with E-state index in [-0.39, 0.29) is 24.5 Å². The molecule has 0 radical (unpaired) electrons. The average Bonchev–Trinajstić information content (AvgIpc) is 2.82. The maximum atomic E-state index is 13.1. The van der Waals surface area contributed by atoms with Gasteiger partial charge in [-0.1, -0.05) is 54.6 Å². The summed E-state index contributed by atoms with van der Waals surface area (Å²) in [6.07, 6.45) is 0.330. The van der Waals surface area contributed by atoms with Crippen molar-refractivity contribution in [3.8, 4) is 0 Å². The summed E-state index contributed by atoms with van der Waals surface area (Å²) in [7, 11) is 0. The van der Waals surface area contributed by atoms with E-state index in [9.17, 15) is 14.4 Å². The third-order valence-electron chi connectivity index (χ3n) is 5.37. The Morgan fingerprint density at radius 1 is 0.875 bits per heavy atom. The van der Waals surface area contributed by atoms with Crippen LogP contribution in [0.1, 0.15) is 12.5 Å². The number of aromatic nitrogens is 1. The van der Waals surface area contributed by atoms with Crippen LogP contribution < -0.4 is 10.7 Å². The molecule has 1 amide bonds. The Hall–Kier alpha value is -3.93. The molecule has 1 unspecified atom stereocenters. The van der Waals surface area contributed by atoms with E-state index in [2.05, 4.69) is 5.32 Å². The number of esters is 1. The normalized spacial score (nSPS) is 11.9. The predicted octanol–water partition coefficient (Wildman–Crippen LogP) is 3.45. The first-order chi connectivity index (χ1) is 15.6. The molecule has 0 bridgehead atoms. The molecule has 0 saturated heterocycles. The van der Waals surface area contributed by atoms with E-state index in [0.717, 1.165) is 5.56 Å². The molecule has 4 aromatic rings. The molecule has 1 heterocycles. The van der Waals surface area contributed by atoms with Crippen LogP contribution in [0.15, 0.2) is 83.7 Å². The number of benzene rings is 3. The monoisotopic (exact) mass is 428 g/mol. The molecule has 6 heteroatoms. The Kier molecular flexibility index (Phi) is 6.31. The number of amides is 1.